The summed E-state index contributed by atoms with van der Waals surface area (Å²) in [6.07, 6.45) is 0. The lowest BCUT2D eigenvalue weighted by molar-refractivity contribution is -0.384. The molecule has 0 radical (unpaired) electrons. The predicted octanol–water partition coefficient (Wildman–Crippen LogP) is 2.38. The Labute approximate surface area is 124 Å². The van der Waals surface area contributed by atoms with Crippen molar-refractivity contribution >= 4 is 11.5 Å². The van der Waals surface area contributed by atoms with E-state index >= 15 is 0 Å². The van der Waals surface area contributed by atoms with E-state index in [1.165, 1.54) is 18.2 Å². The summed E-state index contributed by atoms with van der Waals surface area (Å²) >= 11 is 0. The maximum Gasteiger partial charge on any atom is 0.270 e. The highest BCUT2D eigenvalue weighted by atomic mass is 16.6. The molecule has 0 saturated carbocycles. The first-order valence-corrected chi connectivity index (χ1v) is 6.93. The van der Waals surface area contributed by atoms with Crippen LogP contribution in [0.2, 0.25) is 0 Å². The van der Waals surface area contributed by atoms with Crippen molar-refractivity contribution in [2.24, 2.45) is 5.92 Å². The summed E-state index contributed by atoms with van der Waals surface area (Å²) < 4.78 is 5.05. The molecule has 0 atom stereocenters. The van der Waals surface area contributed by atoms with Gasteiger partial charge in [0.15, 0.2) is 5.78 Å². The molecule has 0 aromatic heterocycles. The number of nitro groups is 1. The van der Waals surface area contributed by atoms with Crippen LogP contribution < -0.4 is 0 Å². The number of nitrogens with zero attached hydrogens (tertiary/aromatic N) is 2. The van der Waals surface area contributed by atoms with Crippen LogP contribution in [0.25, 0.3) is 0 Å². The van der Waals surface area contributed by atoms with Crippen LogP contribution in [0.4, 0.5) is 5.69 Å². The number of methoxy groups -OCH3 is 1. The van der Waals surface area contributed by atoms with Crippen molar-refractivity contribution in [3.8, 4) is 0 Å². The average molecular weight is 294 g/mol. The summed E-state index contributed by atoms with van der Waals surface area (Å²) in [6, 6.07) is 5.85. The fourth-order valence-corrected chi connectivity index (χ4v) is 2.06. The van der Waals surface area contributed by atoms with Crippen LogP contribution in [0, 0.1) is 16.0 Å². The van der Waals surface area contributed by atoms with Gasteiger partial charge in [0.1, 0.15) is 0 Å². The number of benzene rings is 1. The molecule has 21 heavy (non-hydrogen) atoms. The van der Waals surface area contributed by atoms with E-state index in [0.717, 1.165) is 6.54 Å². The molecule has 0 N–H and O–H groups in total. The van der Waals surface area contributed by atoms with Crippen molar-refractivity contribution < 1.29 is 14.5 Å². The van der Waals surface area contributed by atoms with Crippen molar-refractivity contribution in [3.05, 3.63) is 39.9 Å². The summed E-state index contributed by atoms with van der Waals surface area (Å²) in [6.45, 7) is 6.40. The fraction of sp³-hybridized carbons (Fsp3) is 0.533. The van der Waals surface area contributed by atoms with Gasteiger partial charge in [0.2, 0.25) is 0 Å². The lowest BCUT2D eigenvalue weighted by Crippen LogP contribution is -2.35. The van der Waals surface area contributed by atoms with E-state index in [1.807, 2.05) is 4.90 Å². The molecular formula is C15H22N2O4. The van der Waals surface area contributed by atoms with Gasteiger partial charge in [0.05, 0.1) is 18.1 Å². The Hall–Kier alpha value is -1.79. The second-order valence-electron chi connectivity index (χ2n) is 5.35. The van der Waals surface area contributed by atoms with Gasteiger partial charge in [-0.2, -0.15) is 0 Å². The molecule has 1 aromatic rings. The van der Waals surface area contributed by atoms with Crippen LogP contribution in [0.3, 0.4) is 0 Å². The zero-order valence-electron chi connectivity index (χ0n) is 12.7. The number of carbonyl (C=O) groups excluding carboxylic acids is 1. The molecule has 116 valence electrons. The van der Waals surface area contributed by atoms with E-state index in [0.29, 0.717) is 24.6 Å². The Morgan fingerprint density at radius 1 is 1.43 bits per heavy atom. The number of non-ortho nitro benzene ring substituents is 1. The molecule has 0 aliphatic rings. The molecule has 0 bridgehead atoms. The zero-order valence-corrected chi connectivity index (χ0v) is 12.7. The first-order valence-electron chi connectivity index (χ1n) is 6.93. The summed E-state index contributed by atoms with van der Waals surface area (Å²) in [4.78, 5) is 24.5. The number of hydrogen-bond acceptors (Lipinski definition) is 5. The fourth-order valence-electron chi connectivity index (χ4n) is 2.06. The molecule has 0 aliphatic heterocycles. The lowest BCUT2D eigenvalue weighted by atomic mass is 10.1. The number of carbonyl (C=O) groups is 1. The molecule has 0 amide bonds. The van der Waals surface area contributed by atoms with Crippen LogP contribution in [0.5, 0.6) is 0 Å². The summed E-state index contributed by atoms with van der Waals surface area (Å²) in [5, 5.41) is 10.8. The predicted molar refractivity (Wildman–Crippen MR) is 80.6 cm³/mol. The highest BCUT2D eigenvalue weighted by Gasteiger charge is 2.16. The summed E-state index contributed by atoms with van der Waals surface area (Å²) in [7, 11) is 1.62. The van der Waals surface area contributed by atoms with E-state index in [2.05, 4.69) is 13.8 Å². The Balaban J connectivity index is 2.75. The Kier molecular flexibility index (Phi) is 6.98. The minimum absolute atomic E-state index is 0.0619. The van der Waals surface area contributed by atoms with Crippen LogP contribution in [-0.2, 0) is 4.74 Å². The summed E-state index contributed by atoms with van der Waals surface area (Å²) in [5.41, 5.74) is 0.309. The quantitative estimate of drug-likeness (QED) is 0.397. The maximum atomic E-state index is 12.3. The van der Waals surface area contributed by atoms with Crippen LogP contribution in [0.15, 0.2) is 24.3 Å². The van der Waals surface area contributed by atoms with Gasteiger partial charge in [-0.3, -0.25) is 19.8 Å². The molecule has 0 saturated heterocycles. The first-order chi connectivity index (χ1) is 9.93. The third-order valence-corrected chi connectivity index (χ3v) is 2.98. The number of ether oxygens (including phenoxy) is 1. The monoisotopic (exact) mass is 294 g/mol. The van der Waals surface area contributed by atoms with Crippen LogP contribution in [-0.4, -0.2) is 49.0 Å². The number of nitro benzene ring substituents is 1. The van der Waals surface area contributed by atoms with Gasteiger partial charge in [-0.1, -0.05) is 26.0 Å². The van der Waals surface area contributed by atoms with Crippen molar-refractivity contribution in [2.45, 2.75) is 13.8 Å². The minimum Gasteiger partial charge on any atom is -0.383 e. The van der Waals surface area contributed by atoms with E-state index in [9.17, 15) is 14.9 Å². The van der Waals surface area contributed by atoms with E-state index < -0.39 is 4.92 Å². The smallest absolute Gasteiger partial charge is 0.270 e. The maximum absolute atomic E-state index is 12.3. The normalized spacial score (nSPS) is 11.1. The topological polar surface area (TPSA) is 72.7 Å². The van der Waals surface area contributed by atoms with Gasteiger partial charge in [0, 0.05) is 37.9 Å². The van der Waals surface area contributed by atoms with Crippen molar-refractivity contribution in [1.82, 2.24) is 4.90 Å². The molecule has 0 spiro atoms. The lowest BCUT2D eigenvalue weighted by Gasteiger charge is -2.23. The molecule has 1 rings (SSSR count). The van der Waals surface area contributed by atoms with Gasteiger partial charge in [-0.15, -0.1) is 0 Å². The molecule has 1 aromatic carbocycles. The zero-order chi connectivity index (χ0) is 15.8. The third kappa shape index (κ3) is 6.01. The van der Waals surface area contributed by atoms with Gasteiger partial charge in [-0.05, 0) is 5.92 Å². The standard InChI is InChI=1S/C15H22N2O4/c1-12(2)10-16(7-8-21-3)11-15(18)13-5-4-6-14(9-13)17(19)20/h4-6,9,12H,7-8,10-11H2,1-3H3. The SMILES string of the molecule is COCCN(CC(=O)c1cccc([N+](=O)[O-])c1)CC(C)C. The first kappa shape index (κ1) is 17.3. The molecular weight excluding hydrogens is 272 g/mol. The second-order valence-corrected chi connectivity index (χ2v) is 5.35. The number of Topliss-reactive ketones (excluding diaryl/α,β-unsaturated/α-hetero) is 1. The van der Waals surface area contributed by atoms with Crippen molar-refractivity contribution in [3.63, 3.8) is 0 Å². The number of hydrogen-bond donors (Lipinski definition) is 0. The average Bonchev–Trinajstić information content (AvgIpc) is 2.44. The molecule has 0 unspecified atom stereocenters. The van der Waals surface area contributed by atoms with Crippen LogP contribution in [0.1, 0.15) is 24.2 Å². The third-order valence-electron chi connectivity index (χ3n) is 2.98. The van der Waals surface area contributed by atoms with Gasteiger partial charge < -0.3 is 4.74 Å². The van der Waals surface area contributed by atoms with Gasteiger partial charge >= 0.3 is 0 Å². The number of ketones is 1. The second kappa shape index (κ2) is 8.49. The van der Waals surface area contributed by atoms with Crippen LogP contribution >= 0.6 is 0 Å². The molecule has 6 heteroatoms. The van der Waals surface area contributed by atoms with Crippen molar-refractivity contribution in [1.29, 1.82) is 0 Å². The largest absolute Gasteiger partial charge is 0.383 e. The molecule has 0 heterocycles. The van der Waals surface area contributed by atoms with Gasteiger partial charge in [-0.25, -0.2) is 0 Å². The Morgan fingerprint density at radius 2 is 2.14 bits per heavy atom. The minimum atomic E-state index is -0.492. The molecule has 0 fully saturated rings. The van der Waals surface area contributed by atoms with E-state index in [-0.39, 0.29) is 18.0 Å². The highest BCUT2D eigenvalue weighted by molar-refractivity contribution is 5.98. The van der Waals surface area contributed by atoms with Crippen molar-refractivity contribution in [2.75, 3.05) is 33.4 Å². The molecule has 0 aliphatic carbocycles. The summed E-state index contributed by atoms with van der Waals surface area (Å²) in [5.74, 6) is 0.315. The van der Waals surface area contributed by atoms with Gasteiger partial charge in [0.25, 0.3) is 5.69 Å². The molecule has 6 nitrogen and oxygen atoms in total. The Morgan fingerprint density at radius 3 is 2.71 bits per heavy atom. The van der Waals surface area contributed by atoms with E-state index in [4.69, 9.17) is 4.74 Å². The Bertz CT molecular complexity index is 488. The number of rotatable bonds is 9. The van der Waals surface area contributed by atoms with E-state index in [1.54, 1.807) is 13.2 Å². The highest BCUT2D eigenvalue weighted by Crippen LogP contribution is 2.14.